The summed E-state index contributed by atoms with van der Waals surface area (Å²) >= 11 is 0. The first kappa shape index (κ1) is 13.8. The smallest absolute Gasteiger partial charge is 0.407 e. The molecule has 17 heavy (non-hydrogen) atoms. The Bertz CT molecular complexity index is 406. The molecule has 92 valence electrons. The van der Waals surface area contributed by atoms with Crippen molar-refractivity contribution < 1.29 is 12.4 Å². The van der Waals surface area contributed by atoms with Crippen LogP contribution >= 0.6 is 0 Å². The molecule has 2 rings (SSSR count). The van der Waals surface area contributed by atoms with Gasteiger partial charge in [0.25, 0.3) is 0 Å². The van der Waals surface area contributed by atoms with E-state index in [1.165, 1.54) is 37.7 Å². The van der Waals surface area contributed by atoms with Crippen molar-refractivity contribution in [2.45, 2.75) is 45.1 Å². The van der Waals surface area contributed by atoms with Crippen LogP contribution in [0.3, 0.4) is 0 Å². The van der Waals surface area contributed by atoms with Gasteiger partial charge in [-0.15, -0.1) is 0 Å². The van der Waals surface area contributed by atoms with Gasteiger partial charge in [-0.1, -0.05) is 25.3 Å². The van der Waals surface area contributed by atoms with E-state index in [-0.39, 0.29) is 12.4 Å². The summed E-state index contributed by atoms with van der Waals surface area (Å²) in [6.45, 7) is 2.05. The van der Waals surface area contributed by atoms with Crippen molar-refractivity contribution in [3.8, 4) is 0 Å². The highest BCUT2D eigenvalue weighted by molar-refractivity contribution is 5.70. The summed E-state index contributed by atoms with van der Waals surface area (Å²) in [5, 5.41) is 12.4. The summed E-state index contributed by atoms with van der Waals surface area (Å²) in [4.78, 5) is 3.31. The average Bonchev–Trinajstić information content (AvgIpc) is 2.31. The summed E-state index contributed by atoms with van der Waals surface area (Å²) in [6, 6.07) is 6.39. The van der Waals surface area contributed by atoms with Crippen LogP contribution in [0.2, 0.25) is 0 Å². The Morgan fingerprint density at radius 3 is 2.59 bits per heavy atom. The maximum atomic E-state index is 8.92. The Hall–Kier alpha value is -1.27. The Morgan fingerprint density at radius 1 is 1.24 bits per heavy atom. The normalized spacial score (nSPS) is 15.8. The zero-order valence-corrected chi connectivity index (χ0v) is 10.9. The second kappa shape index (κ2) is 6.46. The van der Waals surface area contributed by atoms with Crippen molar-refractivity contribution in [1.29, 1.82) is 5.39 Å². The average molecular weight is 252 g/mol. The molecule has 0 saturated heterocycles. The highest BCUT2D eigenvalue weighted by Gasteiger charge is 2.18. The molecular weight excluding hydrogens is 234 g/mol. The predicted molar refractivity (Wildman–Crippen MR) is 66.4 cm³/mol. The van der Waals surface area contributed by atoms with Crippen LogP contribution in [0.25, 0.3) is 4.98 Å². The Balaban J connectivity index is 0.00000144. The summed E-state index contributed by atoms with van der Waals surface area (Å²) in [6.07, 6.45) is 6.39. The molecule has 0 radical (unpaired) electrons. The summed E-state index contributed by atoms with van der Waals surface area (Å²) in [5.74, 6) is 0. The Labute approximate surface area is 109 Å². The maximum absolute atomic E-state index is 8.92. The van der Waals surface area contributed by atoms with Gasteiger partial charge in [0.1, 0.15) is 5.69 Å². The Kier molecular flexibility index (Phi) is 5.24. The van der Waals surface area contributed by atoms with E-state index >= 15 is 0 Å². The molecule has 0 heterocycles. The van der Waals surface area contributed by atoms with Gasteiger partial charge < -0.3 is 17.7 Å². The van der Waals surface area contributed by atoms with Crippen molar-refractivity contribution in [3.63, 3.8) is 0 Å². The first-order valence-electron chi connectivity index (χ1n) is 6.02. The topological polar surface area (TPSA) is 40.2 Å². The highest BCUT2D eigenvalue weighted by Crippen LogP contribution is 2.29. The number of anilines is 1. The quantitative estimate of drug-likeness (QED) is 0.804. The SMILES string of the molecule is Cc1ccc([N+]#N)c(NC2CCCCC2)c1.[Cl-]. The number of aryl methyl sites for hydroxylation is 1. The number of nitrogens with zero attached hydrogens (tertiary/aromatic N) is 2. The lowest BCUT2D eigenvalue weighted by molar-refractivity contribution is -0.00000362. The van der Waals surface area contributed by atoms with Gasteiger partial charge in [0.2, 0.25) is 5.39 Å². The van der Waals surface area contributed by atoms with Gasteiger partial charge in [-0.3, -0.25) is 0 Å². The molecule has 0 amide bonds. The fourth-order valence-electron chi connectivity index (χ4n) is 2.32. The second-order valence-electron chi connectivity index (χ2n) is 4.60. The van der Waals surface area contributed by atoms with E-state index in [2.05, 4.69) is 10.3 Å². The third-order valence-electron chi connectivity index (χ3n) is 3.22. The zero-order chi connectivity index (χ0) is 11.4. The molecule has 1 aliphatic rings. The minimum absolute atomic E-state index is 0. The molecule has 1 aliphatic carbocycles. The number of nitrogens with one attached hydrogen (secondary N) is 1. The van der Waals surface area contributed by atoms with Gasteiger partial charge in [0.05, 0.1) is 0 Å². The van der Waals surface area contributed by atoms with Crippen LogP contribution < -0.4 is 17.7 Å². The van der Waals surface area contributed by atoms with Crippen molar-refractivity contribution in [2.75, 3.05) is 5.32 Å². The second-order valence-corrected chi connectivity index (χ2v) is 4.60. The first-order chi connectivity index (χ1) is 7.79. The van der Waals surface area contributed by atoms with Gasteiger partial charge in [0, 0.05) is 12.1 Å². The van der Waals surface area contributed by atoms with E-state index in [0.29, 0.717) is 11.7 Å². The minimum atomic E-state index is 0. The molecule has 4 heteroatoms. The van der Waals surface area contributed by atoms with Crippen molar-refractivity contribution >= 4 is 11.4 Å². The van der Waals surface area contributed by atoms with Crippen molar-refractivity contribution in [2.24, 2.45) is 0 Å². The molecule has 1 N–H and O–H groups in total. The minimum Gasteiger partial charge on any atom is -1.00 e. The van der Waals surface area contributed by atoms with Gasteiger partial charge in [-0.25, -0.2) is 0 Å². The van der Waals surface area contributed by atoms with Crippen molar-refractivity contribution in [3.05, 3.63) is 28.7 Å². The number of hydrogen-bond acceptors (Lipinski definition) is 2. The summed E-state index contributed by atoms with van der Waals surface area (Å²) < 4.78 is 0. The Morgan fingerprint density at radius 2 is 1.94 bits per heavy atom. The fourth-order valence-corrected chi connectivity index (χ4v) is 2.32. The summed E-state index contributed by atoms with van der Waals surface area (Å²) in [7, 11) is 0. The number of benzene rings is 1. The monoisotopic (exact) mass is 251 g/mol. The summed E-state index contributed by atoms with van der Waals surface area (Å²) in [5.41, 5.74) is 2.77. The maximum Gasteiger partial charge on any atom is 0.407 e. The van der Waals surface area contributed by atoms with Crippen LogP contribution in [0.1, 0.15) is 37.7 Å². The standard InChI is InChI=1S/C13H18N3.ClH/c1-10-7-8-12(16-14)13(9-10)15-11-5-3-2-4-6-11;/h7-9,11,15H,2-6H2,1H3;1H/q+1;/p-1. The number of rotatable bonds is 2. The molecule has 1 fully saturated rings. The predicted octanol–water partition coefficient (Wildman–Crippen LogP) is 1.23. The number of halogens is 1. The van der Waals surface area contributed by atoms with Crippen molar-refractivity contribution in [1.82, 2.24) is 0 Å². The van der Waals surface area contributed by atoms with Gasteiger partial charge in [-0.05, 0) is 31.4 Å². The molecule has 0 spiro atoms. The van der Waals surface area contributed by atoms with E-state index in [0.717, 1.165) is 5.69 Å². The van der Waals surface area contributed by atoms with Crippen LogP contribution in [0.4, 0.5) is 11.4 Å². The molecule has 0 atom stereocenters. The van der Waals surface area contributed by atoms with Gasteiger partial charge in [-0.2, -0.15) is 0 Å². The third-order valence-corrected chi connectivity index (χ3v) is 3.22. The van der Waals surface area contributed by atoms with Gasteiger partial charge >= 0.3 is 5.69 Å². The van der Waals surface area contributed by atoms with E-state index < -0.39 is 0 Å². The van der Waals surface area contributed by atoms with Gasteiger partial charge in [0.15, 0.2) is 4.98 Å². The molecular formula is C13H18ClN3. The molecule has 1 aromatic carbocycles. The van der Waals surface area contributed by atoms with E-state index in [4.69, 9.17) is 5.39 Å². The highest BCUT2D eigenvalue weighted by atomic mass is 35.5. The van der Waals surface area contributed by atoms with Crippen LogP contribution in [0, 0.1) is 12.3 Å². The van der Waals surface area contributed by atoms with E-state index in [9.17, 15) is 0 Å². The van der Waals surface area contributed by atoms with Crippen LogP contribution in [0.5, 0.6) is 0 Å². The van der Waals surface area contributed by atoms with E-state index in [1.807, 2.05) is 25.1 Å². The molecule has 1 aromatic rings. The van der Waals surface area contributed by atoms with Crippen LogP contribution in [-0.2, 0) is 0 Å². The number of diazo groups is 1. The largest absolute Gasteiger partial charge is 1.00 e. The lowest BCUT2D eigenvalue weighted by atomic mass is 9.95. The lowest BCUT2D eigenvalue weighted by Crippen LogP contribution is -3.00. The van der Waals surface area contributed by atoms with Crippen LogP contribution in [-0.4, -0.2) is 6.04 Å². The first-order valence-corrected chi connectivity index (χ1v) is 6.02. The lowest BCUT2D eigenvalue weighted by Gasteiger charge is -2.23. The fraction of sp³-hybridized carbons (Fsp3) is 0.538. The van der Waals surface area contributed by atoms with Crippen LogP contribution in [0.15, 0.2) is 18.2 Å². The third kappa shape index (κ3) is 3.61. The number of hydrogen-bond donors (Lipinski definition) is 1. The molecule has 0 aromatic heterocycles. The molecule has 0 aliphatic heterocycles. The molecule has 3 nitrogen and oxygen atoms in total. The van der Waals surface area contributed by atoms with E-state index in [1.54, 1.807) is 0 Å². The zero-order valence-electron chi connectivity index (χ0n) is 10.1. The molecule has 0 bridgehead atoms. The molecule has 1 saturated carbocycles. The molecule has 0 unspecified atom stereocenters.